The summed E-state index contributed by atoms with van der Waals surface area (Å²) in [6, 6.07) is 10.1. The molecule has 2 heterocycles. The molecule has 6 nitrogen and oxygen atoms in total. The number of hydrogen-bond acceptors (Lipinski definition) is 6. The third-order valence-corrected chi connectivity index (χ3v) is 4.08. The molecule has 0 fully saturated rings. The number of aliphatic hydroxyl groups excluding tert-OH is 1. The van der Waals surface area contributed by atoms with Gasteiger partial charge in [0.15, 0.2) is 0 Å². The van der Waals surface area contributed by atoms with Gasteiger partial charge < -0.3 is 14.5 Å². The van der Waals surface area contributed by atoms with E-state index in [0.717, 1.165) is 31.7 Å². The Kier molecular flexibility index (Phi) is 5.91. The van der Waals surface area contributed by atoms with Crippen molar-refractivity contribution in [3.05, 3.63) is 48.4 Å². The first-order chi connectivity index (χ1) is 12.7. The number of anilines is 1. The number of pyridine rings is 1. The van der Waals surface area contributed by atoms with E-state index in [1.54, 1.807) is 24.4 Å². The highest BCUT2D eigenvalue weighted by molar-refractivity contribution is 5.60. The van der Waals surface area contributed by atoms with Crippen molar-refractivity contribution < 1.29 is 14.0 Å². The van der Waals surface area contributed by atoms with Crippen LogP contribution in [-0.2, 0) is 0 Å². The zero-order valence-electron chi connectivity index (χ0n) is 14.6. The molecule has 1 aromatic carbocycles. The molecule has 2 aromatic heterocycles. The van der Waals surface area contributed by atoms with Gasteiger partial charge in [-0.2, -0.15) is 4.98 Å². The van der Waals surface area contributed by atoms with E-state index in [1.165, 1.54) is 6.07 Å². The van der Waals surface area contributed by atoms with E-state index in [0.29, 0.717) is 17.0 Å². The van der Waals surface area contributed by atoms with Crippen LogP contribution in [0.25, 0.3) is 22.8 Å². The van der Waals surface area contributed by atoms with Gasteiger partial charge in [0.25, 0.3) is 5.89 Å². The fourth-order valence-electron chi connectivity index (χ4n) is 2.64. The predicted molar refractivity (Wildman–Crippen MR) is 97.1 cm³/mol. The highest BCUT2D eigenvalue weighted by Crippen LogP contribution is 2.24. The van der Waals surface area contributed by atoms with Crippen LogP contribution in [0.15, 0.2) is 47.1 Å². The van der Waals surface area contributed by atoms with Gasteiger partial charge in [-0.25, -0.2) is 9.37 Å². The molecule has 0 aliphatic heterocycles. The van der Waals surface area contributed by atoms with Gasteiger partial charge >= 0.3 is 0 Å². The van der Waals surface area contributed by atoms with E-state index in [1.807, 2.05) is 12.1 Å². The van der Waals surface area contributed by atoms with E-state index < -0.39 is 5.82 Å². The fraction of sp³-hybridized carbons (Fsp3) is 0.316. The minimum Gasteiger partial charge on any atom is -0.396 e. The highest BCUT2D eigenvalue weighted by Gasteiger charge is 2.14. The van der Waals surface area contributed by atoms with E-state index in [2.05, 4.69) is 26.9 Å². The van der Waals surface area contributed by atoms with E-state index >= 15 is 0 Å². The molecule has 0 bridgehead atoms. The molecular formula is C19H21FN4O2. The van der Waals surface area contributed by atoms with E-state index in [4.69, 9.17) is 9.63 Å². The number of unbranched alkanes of at least 4 members (excludes halogenated alkanes) is 1. The molecule has 26 heavy (non-hydrogen) atoms. The van der Waals surface area contributed by atoms with Crippen molar-refractivity contribution in [3.63, 3.8) is 0 Å². The Morgan fingerprint density at radius 3 is 2.69 bits per heavy atom. The minimum absolute atomic E-state index is 0.200. The zero-order valence-corrected chi connectivity index (χ0v) is 14.6. The summed E-state index contributed by atoms with van der Waals surface area (Å²) in [7, 11) is 0. The lowest BCUT2D eigenvalue weighted by molar-refractivity contribution is 0.285. The lowest BCUT2D eigenvalue weighted by Crippen LogP contribution is -2.25. The van der Waals surface area contributed by atoms with E-state index in [9.17, 15) is 4.39 Å². The van der Waals surface area contributed by atoms with Crippen LogP contribution < -0.4 is 4.90 Å². The molecule has 0 atom stereocenters. The van der Waals surface area contributed by atoms with Crippen molar-refractivity contribution in [2.24, 2.45) is 0 Å². The minimum atomic E-state index is -0.394. The molecule has 3 aromatic rings. The average Bonchev–Trinajstić information content (AvgIpc) is 3.16. The SMILES string of the molecule is CCN(CCCCO)c1ccc(-c2nc(-c3ccccc3F)no2)cn1. The van der Waals surface area contributed by atoms with Gasteiger partial charge in [0.1, 0.15) is 11.6 Å². The van der Waals surface area contributed by atoms with Crippen molar-refractivity contribution >= 4 is 5.82 Å². The standard InChI is InChI=1S/C19H21FN4O2/c1-2-24(11-5-6-12-25)17-10-9-14(13-21-17)19-22-18(23-26-19)15-7-3-4-8-16(15)20/h3-4,7-10,13,25H,2,5-6,11-12H2,1H3. The highest BCUT2D eigenvalue weighted by atomic mass is 19.1. The molecule has 136 valence electrons. The molecule has 0 aliphatic carbocycles. The normalized spacial score (nSPS) is 10.9. The number of hydrogen-bond donors (Lipinski definition) is 1. The molecule has 3 rings (SSSR count). The number of benzene rings is 1. The lowest BCUT2D eigenvalue weighted by atomic mass is 10.2. The number of halogens is 1. The molecule has 0 unspecified atom stereocenters. The molecule has 0 radical (unpaired) electrons. The number of rotatable bonds is 8. The van der Waals surface area contributed by atoms with Crippen LogP contribution in [0.1, 0.15) is 19.8 Å². The Bertz CT molecular complexity index is 836. The van der Waals surface area contributed by atoms with Gasteiger partial charge in [0, 0.05) is 25.9 Å². The van der Waals surface area contributed by atoms with Crippen LogP contribution in [0, 0.1) is 5.82 Å². The van der Waals surface area contributed by atoms with Crippen molar-refractivity contribution in [1.29, 1.82) is 0 Å². The Balaban J connectivity index is 1.76. The molecular weight excluding hydrogens is 335 g/mol. The summed E-state index contributed by atoms with van der Waals surface area (Å²) >= 11 is 0. The maximum Gasteiger partial charge on any atom is 0.259 e. The largest absolute Gasteiger partial charge is 0.396 e. The van der Waals surface area contributed by atoms with Crippen molar-refractivity contribution in [2.45, 2.75) is 19.8 Å². The van der Waals surface area contributed by atoms with E-state index in [-0.39, 0.29) is 12.4 Å². The maximum absolute atomic E-state index is 13.8. The van der Waals surface area contributed by atoms with Crippen LogP contribution >= 0.6 is 0 Å². The van der Waals surface area contributed by atoms with Crippen molar-refractivity contribution in [3.8, 4) is 22.8 Å². The molecule has 0 amide bonds. The van der Waals surface area contributed by atoms with Gasteiger partial charge in [0.2, 0.25) is 5.82 Å². The van der Waals surface area contributed by atoms with Crippen molar-refractivity contribution in [1.82, 2.24) is 15.1 Å². The number of nitrogens with zero attached hydrogens (tertiary/aromatic N) is 4. The zero-order chi connectivity index (χ0) is 18.4. The third-order valence-electron chi connectivity index (χ3n) is 4.08. The van der Waals surface area contributed by atoms with Gasteiger partial charge in [-0.15, -0.1) is 0 Å². The summed E-state index contributed by atoms with van der Waals surface area (Å²) in [5, 5.41) is 12.8. The van der Waals surface area contributed by atoms with Gasteiger partial charge in [-0.3, -0.25) is 0 Å². The van der Waals surface area contributed by atoms with Crippen LogP contribution in [0.3, 0.4) is 0 Å². The second-order valence-corrected chi connectivity index (χ2v) is 5.82. The van der Waals surface area contributed by atoms with Crippen LogP contribution in [0.2, 0.25) is 0 Å². The van der Waals surface area contributed by atoms with Crippen LogP contribution in [0.4, 0.5) is 10.2 Å². The number of aromatic nitrogens is 3. The summed E-state index contributed by atoms with van der Waals surface area (Å²) in [5.74, 6) is 0.963. The first-order valence-electron chi connectivity index (χ1n) is 8.63. The summed E-state index contributed by atoms with van der Waals surface area (Å²) in [6.07, 6.45) is 3.35. The summed E-state index contributed by atoms with van der Waals surface area (Å²) < 4.78 is 19.1. The number of aliphatic hydroxyl groups is 1. The summed E-state index contributed by atoms with van der Waals surface area (Å²) in [4.78, 5) is 10.9. The first kappa shape index (κ1) is 18.0. The summed E-state index contributed by atoms with van der Waals surface area (Å²) in [5.41, 5.74) is 0.975. The quantitative estimate of drug-likeness (QED) is 0.622. The Morgan fingerprint density at radius 2 is 2.00 bits per heavy atom. The van der Waals surface area contributed by atoms with Gasteiger partial charge in [-0.05, 0) is 44.0 Å². The fourth-order valence-corrected chi connectivity index (χ4v) is 2.64. The van der Waals surface area contributed by atoms with Crippen LogP contribution in [-0.4, -0.2) is 39.9 Å². The van der Waals surface area contributed by atoms with Gasteiger partial charge in [0.05, 0.1) is 11.1 Å². The van der Waals surface area contributed by atoms with Crippen LogP contribution in [0.5, 0.6) is 0 Å². The Morgan fingerprint density at radius 1 is 1.15 bits per heavy atom. The predicted octanol–water partition coefficient (Wildman–Crippen LogP) is 3.54. The molecule has 0 aliphatic rings. The van der Waals surface area contributed by atoms with Crippen molar-refractivity contribution in [2.75, 3.05) is 24.6 Å². The smallest absolute Gasteiger partial charge is 0.259 e. The molecule has 7 heteroatoms. The third kappa shape index (κ3) is 4.05. The second kappa shape index (κ2) is 8.53. The molecule has 0 spiro atoms. The van der Waals surface area contributed by atoms with Gasteiger partial charge in [-0.1, -0.05) is 17.3 Å². The second-order valence-electron chi connectivity index (χ2n) is 5.82. The lowest BCUT2D eigenvalue weighted by Gasteiger charge is -2.21. The average molecular weight is 356 g/mol. The topological polar surface area (TPSA) is 75.3 Å². The summed E-state index contributed by atoms with van der Waals surface area (Å²) in [6.45, 7) is 3.93. The Hall–Kier alpha value is -2.80. The molecule has 0 saturated heterocycles. The molecule has 0 saturated carbocycles. The first-order valence-corrected chi connectivity index (χ1v) is 8.63. The molecule has 1 N–H and O–H groups in total. The Labute approximate surface area is 151 Å². The monoisotopic (exact) mass is 356 g/mol. The maximum atomic E-state index is 13.8.